The summed E-state index contributed by atoms with van der Waals surface area (Å²) in [6.07, 6.45) is 2.34. The van der Waals surface area contributed by atoms with Crippen molar-refractivity contribution in [3.8, 4) is 0 Å². The molecule has 6 heteroatoms. The Hall–Kier alpha value is -1.66. The molecular formula is C12H16N2O4. The van der Waals surface area contributed by atoms with Crippen LogP contribution in [0.25, 0.3) is 0 Å². The highest BCUT2D eigenvalue weighted by molar-refractivity contribution is 5.92. The molecule has 98 valence electrons. The third kappa shape index (κ3) is 2.60. The molecule has 1 aromatic rings. The summed E-state index contributed by atoms with van der Waals surface area (Å²) in [6.45, 7) is 1.63. The van der Waals surface area contributed by atoms with Crippen molar-refractivity contribution in [1.29, 1.82) is 0 Å². The maximum absolute atomic E-state index is 11.0. The standard InChI is InChI=1S/C12H16N2O4/c1-17-12(4-6-18-8-12)7-14-10-9(11(15)16)3-2-5-13-10/h2-3,5H,4,6-8H2,1H3,(H,13,14)(H,15,16). The van der Waals surface area contributed by atoms with E-state index in [2.05, 4.69) is 10.3 Å². The Morgan fingerprint density at radius 2 is 2.56 bits per heavy atom. The second-order valence-electron chi connectivity index (χ2n) is 4.25. The van der Waals surface area contributed by atoms with Gasteiger partial charge in [-0.2, -0.15) is 0 Å². The predicted molar refractivity (Wildman–Crippen MR) is 64.9 cm³/mol. The Labute approximate surface area is 105 Å². The van der Waals surface area contributed by atoms with Crippen molar-refractivity contribution in [2.45, 2.75) is 12.0 Å². The lowest BCUT2D eigenvalue weighted by Crippen LogP contribution is -2.40. The van der Waals surface area contributed by atoms with Gasteiger partial charge < -0.3 is 19.9 Å². The van der Waals surface area contributed by atoms with Gasteiger partial charge in [-0.1, -0.05) is 0 Å². The van der Waals surface area contributed by atoms with Crippen molar-refractivity contribution >= 4 is 11.8 Å². The van der Waals surface area contributed by atoms with E-state index in [-0.39, 0.29) is 5.56 Å². The van der Waals surface area contributed by atoms with Gasteiger partial charge in [0.25, 0.3) is 0 Å². The van der Waals surface area contributed by atoms with Gasteiger partial charge in [-0.15, -0.1) is 0 Å². The minimum Gasteiger partial charge on any atom is -0.478 e. The summed E-state index contributed by atoms with van der Waals surface area (Å²) >= 11 is 0. The second-order valence-corrected chi connectivity index (χ2v) is 4.25. The molecule has 2 rings (SSSR count). The van der Waals surface area contributed by atoms with Crippen LogP contribution in [0.3, 0.4) is 0 Å². The zero-order chi connectivity index (χ0) is 13.0. The van der Waals surface area contributed by atoms with Gasteiger partial charge in [0.1, 0.15) is 17.0 Å². The first-order chi connectivity index (χ1) is 8.67. The first-order valence-corrected chi connectivity index (χ1v) is 5.72. The van der Waals surface area contributed by atoms with Gasteiger partial charge in [-0.05, 0) is 12.1 Å². The van der Waals surface area contributed by atoms with Crippen molar-refractivity contribution in [3.05, 3.63) is 23.9 Å². The monoisotopic (exact) mass is 252 g/mol. The van der Waals surface area contributed by atoms with Crippen molar-refractivity contribution in [3.63, 3.8) is 0 Å². The largest absolute Gasteiger partial charge is 0.478 e. The zero-order valence-corrected chi connectivity index (χ0v) is 10.2. The van der Waals surface area contributed by atoms with Crippen molar-refractivity contribution < 1.29 is 19.4 Å². The molecule has 0 saturated carbocycles. The number of pyridine rings is 1. The van der Waals surface area contributed by atoms with Crippen LogP contribution in [0.4, 0.5) is 5.82 Å². The highest BCUT2D eigenvalue weighted by Crippen LogP contribution is 2.23. The predicted octanol–water partition coefficient (Wildman–Crippen LogP) is 0.997. The van der Waals surface area contributed by atoms with Crippen LogP contribution in [-0.2, 0) is 9.47 Å². The van der Waals surface area contributed by atoms with Gasteiger partial charge in [0, 0.05) is 32.9 Å². The molecule has 1 aliphatic rings. The van der Waals surface area contributed by atoms with Crippen LogP contribution in [0.15, 0.2) is 18.3 Å². The quantitative estimate of drug-likeness (QED) is 0.813. The maximum Gasteiger partial charge on any atom is 0.339 e. The first-order valence-electron chi connectivity index (χ1n) is 5.72. The van der Waals surface area contributed by atoms with Crippen LogP contribution in [0, 0.1) is 0 Å². The van der Waals surface area contributed by atoms with Crippen LogP contribution in [0.2, 0.25) is 0 Å². The normalized spacial score (nSPS) is 22.9. The molecule has 0 bridgehead atoms. The molecule has 0 aliphatic carbocycles. The van der Waals surface area contributed by atoms with E-state index in [1.165, 1.54) is 6.07 Å². The number of hydrogen-bond donors (Lipinski definition) is 2. The Bertz CT molecular complexity index is 430. The van der Waals surface area contributed by atoms with Gasteiger partial charge >= 0.3 is 5.97 Å². The number of carboxylic acids is 1. The lowest BCUT2D eigenvalue weighted by atomic mass is 10.0. The SMILES string of the molecule is COC1(CNc2ncccc2C(=O)O)CCOC1. The number of ether oxygens (including phenoxy) is 2. The van der Waals surface area contributed by atoms with Gasteiger partial charge in [-0.3, -0.25) is 0 Å². The fourth-order valence-corrected chi connectivity index (χ4v) is 1.92. The fourth-order valence-electron chi connectivity index (χ4n) is 1.92. The molecule has 1 aliphatic heterocycles. The Kier molecular flexibility index (Phi) is 3.78. The molecule has 1 atom stereocenters. The highest BCUT2D eigenvalue weighted by Gasteiger charge is 2.35. The number of nitrogens with one attached hydrogen (secondary N) is 1. The molecule has 6 nitrogen and oxygen atoms in total. The molecule has 0 aromatic carbocycles. The van der Waals surface area contributed by atoms with E-state index in [0.29, 0.717) is 25.6 Å². The molecule has 0 radical (unpaired) electrons. The van der Waals surface area contributed by atoms with Gasteiger partial charge in [0.05, 0.1) is 6.61 Å². The van der Waals surface area contributed by atoms with E-state index >= 15 is 0 Å². The Balaban J connectivity index is 2.08. The number of anilines is 1. The van der Waals surface area contributed by atoms with Gasteiger partial charge in [0.15, 0.2) is 0 Å². The summed E-state index contributed by atoms with van der Waals surface area (Å²) in [4.78, 5) is 15.1. The van der Waals surface area contributed by atoms with Crippen LogP contribution >= 0.6 is 0 Å². The van der Waals surface area contributed by atoms with E-state index in [9.17, 15) is 4.79 Å². The molecule has 1 unspecified atom stereocenters. The molecule has 0 amide bonds. The van der Waals surface area contributed by atoms with Crippen molar-refractivity contribution in [2.75, 3.05) is 32.2 Å². The Morgan fingerprint density at radius 1 is 1.72 bits per heavy atom. The minimum atomic E-state index is -1.00. The van der Waals surface area contributed by atoms with E-state index in [1.54, 1.807) is 19.4 Å². The van der Waals surface area contributed by atoms with E-state index in [4.69, 9.17) is 14.6 Å². The summed E-state index contributed by atoms with van der Waals surface area (Å²) in [6, 6.07) is 3.11. The number of aromatic carboxylic acids is 1. The van der Waals surface area contributed by atoms with Crippen molar-refractivity contribution in [1.82, 2.24) is 4.98 Å². The number of methoxy groups -OCH3 is 1. The maximum atomic E-state index is 11.0. The summed E-state index contributed by atoms with van der Waals surface area (Å²) < 4.78 is 10.8. The molecule has 2 N–H and O–H groups in total. The number of carbonyl (C=O) groups is 1. The Morgan fingerprint density at radius 3 is 3.17 bits per heavy atom. The molecule has 1 fully saturated rings. The van der Waals surface area contributed by atoms with Crippen LogP contribution in [0.5, 0.6) is 0 Å². The zero-order valence-electron chi connectivity index (χ0n) is 10.2. The van der Waals surface area contributed by atoms with Crippen LogP contribution in [-0.4, -0.2) is 48.5 Å². The molecule has 2 heterocycles. The van der Waals surface area contributed by atoms with E-state index in [0.717, 1.165) is 6.42 Å². The number of hydrogen-bond acceptors (Lipinski definition) is 5. The fraction of sp³-hybridized carbons (Fsp3) is 0.500. The first kappa shape index (κ1) is 12.8. The molecular weight excluding hydrogens is 236 g/mol. The molecule has 18 heavy (non-hydrogen) atoms. The average Bonchev–Trinajstić information content (AvgIpc) is 2.86. The number of carboxylic acid groups (broad SMARTS) is 1. The van der Waals surface area contributed by atoms with Crippen LogP contribution < -0.4 is 5.32 Å². The third-order valence-electron chi connectivity index (χ3n) is 3.12. The molecule has 1 aromatic heterocycles. The number of nitrogens with zero attached hydrogens (tertiary/aromatic N) is 1. The van der Waals surface area contributed by atoms with E-state index in [1.807, 2.05) is 0 Å². The summed E-state index contributed by atoms with van der Waals surface area (Å²) in [5.74, 6) is -0.645. The number of rotatable bonds is 5. The van der Waals surface area contributed by atoms with Gasteiger partial charge in [0.2, 0.25) is 0 Å². The average molecular weight is 252 g/mol. The third-order valence-corrected chi connectivity index (χ3v) is 3.12. The lowest BCUT2D eigenvalue weighted by molar-refractivity contribution is -0.00627. The molecule has 1 saturated heterocycles. The summed E-state index contributed by atoms with van der Waals surface area (Å²) in [5, 5.41) is 12.1. The smallest absolute Gasteiger partial charge is 0.339 e. The summed E-state index contributed by atoms with van der Waals surface area (Å²) in [5.41, 5.74) is -0.240. The number of aromatic nitrogens is 1. The van der Waals surface area contributed by atoms with Gasteiger partial charge in [-0.25, -0.2) is 9.78 Å². The highest BCUT2D eigenvalue weighted by atomic mass is 16.5. The topological polar surface area (TPSA) is 80.7 Å². The van der Waals surface area contributed by atoms with E-state index < -0.39 is 11.6 Å². The minimum absolute atomic E-state index is 0.155. The lowest BCUT2D eigenvalue weighted by Gasteiger charge is -2.26. The molecule has 0 spiro atoms. The van der Waals surface area contributed by atoms with Crippen LogP contribution in [0.1, 0.15) is 16.8 Å². The summed E-state index contributed by atoms with van der Waals surface area (Å²) in [7, 11) is 1.63. The second kappa shape index (κ2) is 5.32. The van der Waals surface area contributed by atoms with Crippen molar-refractivity contribution in [2.24, 2.45) is 0 Å².